The first-order chi connectivity index (χ1) is 21.3. The number of benzene rings is 4. The van der Waals surface area contributed by atoms with E-state index < -0.39 is 46.9 Å². The molecule has 2 N–H and O–H groups in total. The van der Waals surface area contributed by atoms with Gasteiger partial charge in [0.2, 0.25) is 5.91 Å². The molecule has 6 nitrogen and oxygen atoms in total. The van der Waals surface area contributed by atoms with Crippen LogP contribution < -0.4 is 10.6 Å². The van der Waals surface area contributed by atoms with Gasteiger partial charge in [-0.2, -0.15) is 5.26 Å². The zero-order chi connectivity index (χ0) is 32.7. The zero-order valence-electron chi connectivity index (χ0n) is 25.1. The van der Waals surface area contributed by atoms with Crippen molar-refractivity contribution in [2.24, 2.45) is 5.41 Å². The second-order valence-electron chi connectivity index (χ2n) is 12.4. The van der Waals surface area contributed by atoms with Crippen LogP contribution in [-0.4, -0.2) is 31.1 Å². The molecule has 10 heteroatoms. The number of ether oxygens (including phenoxy) is 1. The molecule has 1 aliphatic rings. The van der Waals surface area contributed by atoms with E-state index in [1.807, 2.05) is 20.8 Å². The molecular formula is C35H31Cl2F2N3O3. The lowest BCUT2D eigenvalue weighted by atomic mass is 9.62. The summed E-state index contributed by atoms with van der Waals surface area (Å²) in [6.45, 7) is 5.91. The summed E-state index contributed by atoms with van der Waals surface area (Å²) in [7, 11) is 1.30. The molecule has 0 bridgehead atoms. The van der Waals surface area contributed by atoms with Gasteiger partial charge in [-0.25, -0.2) is 13.6 Å². The van der Waals surface area contributed by atoms with Crippen LogP contribution in [0.15, 0.2) is 72.8 Å². The number of hydrogen-bond acceptors (Lipinski definition) is 5. The third-order valence-electron chi connectivity index (χ3n) is 8.26. The van der Waals surface area contributed by atoms with Crippen molar-refractivity contribution < 1.29 is 23.1 Å². The number of anilines is 1. The van der Waals surface area contributed by atoms with Crippen LogP contribution in [0, 0.1) is 28.4 Å². The lowest BCUT2D eigenvalue weighted by molar-refractivity contribution is -0.118. The minimum Gasteiger partial charge on any atom is -0.465 e. The van der Waals surface area contributed by atoms with Crippen molar-refractivity contribution in [3.05, 3.63) is 111 Å². The summed E-state index contributed by atoms with van der Waals surface area (Å²) in [6.07, 6.45) is 0.351. The van der Waals surface area contributed by atoms with E-state index in [2.05, 4.69) is 16.7 Å². The number of fused-ring (bicyclic) bond motifs is 1. The average Bonchev–Trinajstić information content (AvgIpc) is 3.30. The largest absolute Gasteiger partial charge is 0.465 e. The van der Waals surface area contributed by atoms with E-state index >= 15 is 8.78 Å². The summed E-state index contributed by atoms with van der Waals surface area (Å²) in [5, 5.41) is 18.7. The van der Waals surface area contributed by atoms with E-state index in [4.69, 9.17) is 27.9 Å². The number of carbonyl (C=O) groups is 2. The van der Waals surface area contributed by atoms with Crippen LogP contribution >= 0.6 is 23.2 Å². The highest BCUT2D eigenvalue weighted by Gasteiger charge is 2.61. The second-order valence-corrected chi connectivity index (χ2v) is 13.3. The molecule has 1 amide bonds. The lowest BCUT2D eigenvalue weighted by Gasteiger charge is -2.37. The summed E-state index contributed by atoms with van der Waals surface area (Å²) in [5.74, 6) is -3.73. The minimum atomic E-state index is -1.73. The van der Waals surface area contributed by atoms with E-state index in [0.29, 0.717) is 17.7 Å². The fraction of sp³-hybridized carbons (Fsp3) is 0.286. The minimum absolute atomic E-state index is 0.00272. The van der Waals surface area contributed by atoms with Crippen molar-refractivity contribution in [2.75, 3.05) is 12.4 Å². The number of carbonyl (C=O) groups excluding carboxylic acids is 2. The number of amides is 1. The Morgan fingerprint density at radius 3 is 2.40 bits per heavy atom. The predicted octanol–water partition coefficient (Wildman–Crippen LogP) is 8.17. The van der Waals surface area contributed by atoms with Crippen molar-refractivity contribution in [1.82, 2.24) is 5.32 Å². The fourth-order valence-electron chi connectivity index (χ4n) is 6.35. The highest BCUT2D eigenvalue weighted by molar-refractivity contribution is 6.31. The number of nitrogens with zero attached hydrogens (tertiary/aromatic N) is 1. The molecule has 0 aliphatic carbocycles. The van der Waals surface area contributed by atoms with Crippen molar-refractivity contribution in [1.29, 1.82) is 5.26 Å². The third-order valence-corrected chi connectivity index (χ3v) is 8.79. The summed E-state index contributed by atoms with van der Waals surface area (Å²) in [4.78, 5) is 26.1. The molecule has 1 fully saturated rings. The molecular weight excluding hydrogens is 619 g/mol. The van der Waals surface area contributed by atoms with Crippen LogP contribution in [0.5, 0.6) is 0 Å². The highest BCUT2D eigenvalue weighted by Crippen LogP contribution is 2.53. The monoisotopic (exact) mass is 649 g/mol. The SMILES string of the molecule is COC(=O)c1ccc2cc(NC(=O)[C@@H]3N[C@@H](CC(C)(C)C)[C@](C#N)(c4ccc(Cl)cc4F)[C@H]3c3cccc(Cl)c3F)ccc2c1. The van der Waals surface area contributed by atoms with E-state index in [9.17, 15) is 14.9 Å². The number of halogens is 4. The number of nitrogens with one attached hydrogen (secondary N) is 2. The van der Waals surface area contributed by atoms with Crippen LogP contribution in [0.3, 0.4) is 0 Å². The van der Waals surface area contributed by atoms with Gasteiger partial charge in [0.15, 0.2) is 0 Å². The Bertz CT molecular complexity index is 1850. The Kier molecular flexibility index (Phi) is 8.92. The molecule has 1 saturated heterocycles. The molecule has 4 aromatic rings. The van der Waals surface area contributed by atoms with Crippen molar-refractivity contribution in [3.8, 4) is 6.07 Å². The van der Waals surface area contributed by atoms with Crippen LogP contribution in [0.25, 0.3) is 10.8 Å². The van der Waals surface area contributed by atoms with Crippen LogP contribution in [0.1, 0.15) is 54.6 Å². The quantitative estimate of drug-likeness (QED) is 0.206. The number of nitriles is 1. The standard InChI is InChI=1S/C35H31Cl2F2N3O3/c1-34(2,3)17-28-35(18-40,25-13-11-22(36)16-27(25)38)29(24-6-5-7-26(37)30(24)39)31(42-28)32(43)41-23-12-10-19-14-21(33(44)45-4)9-8-20(19)15-23/h5-16,28-29,31,42H,17H2,1-4H3,(H,41,43)/t28-,29-,31+,35-/m0/s1. The van der Waals surface area contributed by atoms with Crippen molar-refractivity contribution in [2.45, 2.75) is 50.6 Å². The van der Waals surface area contributed by atoms with Gasteiger partial charge in [-0.15, -0.1) is 0 Å². The molecule has 1 aliphatic heterocycles. The number of rotatable bonds is 6. The van der Waals surface area contributed by atoms with Gasteiger partial charge in [-0.3, -0.25) is 4.79 Å². The third kappa shape index (κ3) is 6.13. The predicted molar refractivity (Wildman–Crippen MR) is 172 cm³/mol. The maximum absolute atomic E-state index is 15.9. The Morgan fingerprint density at radius 1 is 1.02 bits per heavy atom. The van der Waals surface area contributed by atoms with Crippen LogP contribution in [0.2, 0.25) is 10.0 Å². The van der Waals surface area contributed by atoms with E-state index in [-0.39, 0.29) is 26.6 Å². The summed E-state index contributed by atoms with van der Waals surface area (Å²) in [5.41, 5.74) is -1.27. The van der Waals surface area contributed by atoms with Crippen molar-refractivity contribution in [3.63, 3.8) is 0 Å². The average molecular weight is 651 g/mol. The molecule has 232 valence electrons. The first kappa shape index (κ1) is 32.4. The van der Waals surface area contributed by atoms with Gasteiger partial charge in [0.05, 0.1) is 29.8 Å². The maximum Gasteiger partial charge on any atom is 0.337 e. The number of methoxy groups -OCH3 is 1. The van der Waals surface area contributed by atoms with Gasteiger partial charge in [0, 0.05) is 28.2 Å². The molecule has 0 saturated carbocycles. The van der Waals surface area contributed by atoms with Gasteiger partial charge in [-0.05, 0) is 70.6 Å². The molecule has 0 unspecified atom stereocenters. The highest BCUT2D eigenvalue weighted by atomic mass is 35.5. The number of esters is 1. The van der Waals surface area contributed by atoms with E-state index in [0.717, 1.165) is 16.8 Å². The van der Waals surface area contributed by atoms with Gasteiger partial charge in [-0.1, -0.05) is 74.3 Å². The first-order valence-electron chi connectivity index (χ1n) is 14.3. The van der Waals surface area contributed by atoms with Gasteiger partial charge < -0.3 is 15.4 Å². The van der Waals surface area contributed by atoms with Gasteiger partial charge in [0.25, 0.3) is 0 Å². The lowest BCUT2D eigenvalue weighted by Crippen LogP contribution is -2.45. The zero-order valence-corrected chi connectivity index (χ0v) is 26.6. The maximum atomic E-state index is 15.9. The Balaban J connectivity index is 1.64. The normalized spacial score (nSPS) is 21.4. The molecule has 0 aromatic heterocycles. The Hall–Kier alpha value is -4.03. The Labute approximate surface area is 270 Å². The summed E-state index contributed by atoms with van der Waals surface area (Å²) >= 11 is 12.3. The molecule has 4 atom stereocenters. The Morgan fingerprint density at radius 2 is 1.73 bits per heavy atom. The molecule has 45 heavy (non-hydrogen) atoms. The van der Waals surface area contributed by atoms with Gasteiger partial charge >= 0.3 is 5.97 Å². The molecule has 1 heterocycles. The molecule has 0 radical (unpaired) electrons. The molecule has 0 spiro atoms. The summed E-state index contributed by atoms with van der Waals surface area (Å²) < 4.78 is 36.5. The first-order valence-corrected chi connectivity index (χ1v) is 15.0. The van der Waals surface area contributed by atoms with Crippen molar-refractivity contribution >= 4 is 51.5 Å². The number of hydrogen-bond donors (Lipinski definition) is 2. The van der Waals surface area contributed by atoms with Crippen LogP contribution in [0.4, 0.5) is 14.5 Å². The smallest absolute Gasteiger partial charge is 0.337 e. The second kappa shape index (κ2) is 12.4. The van der Waals surface area contributed by atoms with Crippen LogP contribution in [-0.2, 0) is 14.9 Å². The van der Waals surface area contributed by atoms with Gasteiger partial charge in [0.1, 0.15) is 17.0 Å². The fourth-order valence-corrected chi connectivity index (χ4v) is 6.69. The van der Waals surface area contributed by atoms with E-state index in [1.165, 1.54) is 31.4 Å². The summed E-state index contributed by atoms with van der Waals surface area (Å²) in [6, 6.07) is 19.0. The van der Waals surface area contributed by atoms with E-state index in [1.54, 1.807) is 42.5 Å². The molecule has 4 aromatic carbocycles. The molecule has 5 rings (SSSR count). The topological polar surface area (TPSA) is 91.2 Å².